The van der Waals surface area contributed by atoms with Crippen LogP contribution in [0.5, 0.6) is 5.88 Å². The molecule has 0 spiro atoms. The third kappa shape index (κ3) is 1.77. The van der Waals surface area contributed by atoms with Crippen molar-refractivity contribution in [3.63, 3.8) is 0 Å². The maximum absolute atomic E-state index is 10.6. The van der Waals surface area contributed by atoms with Gasteiger partial charge in [-0.1, -0.05) is 5.21 Å². The van der Waals surface area contributed by atoms with Gasteiger partial charge in [0.2, 0.25) is 0 Å². The molecule has 0 fully saturated rings. The van der Waals surface area contributed by atoms with Crippen LogP contribution in [0.2, 0.25) is 0 Å². The molecule has 46 valence electrons. The van der Waals surface area contributed by atoms with Gasteiger partial charge in [-0.25, -0.2) is 0 Å². The quantitative estimate of drug-likeness (QED) is 0.362. The minimum Gasteiger partial charge on any atom is -0.857 e. The van der Waals surface area contributed by atoms with Crippen LogP contribution in [0.1, 0.15) is 5.69 Å². The van der Waals surface area contributed by atoms with E-state index in [1.165, 1.54) is 7.05 Å². The maximum atomic E-state index is 10.6. The van der Waals surface area contributed by atoms with Crippen molar-refractivity contribution in [2.45, 2.75) is 0 Å². The van der Waals surface area contributed by atoms with E-state index in [4.69, 9.17) is 5.26 Å². The van der Waals surface area contributed by atoms with E-state index < -0.39 is 5.88 Å². The Morgan fingerprint density at radius 2 is 2.30 bits per heavy atom. The van der Waals surface area contributed by atoms with Crippen LogP contribution in [0.3, 0.4) is 0 Å². The molecular formula is C4H3KN4O. The molecule has 1 aromatic rings. The average Bonchev–Trinajstić information content (AvgIpc) is 2.15. The van der Waals surface area contributed by atoms with Crippen molar-refractivity contribution in [3.8, 4) is 11.9 Å². The van der Waals surface area contributed by atoms with Crippen LogP contribution in [0.15, 0.2) is 0 Å². The van der Waals surface area contributed by atoms with Gasteiger partial charge in [0.15, 0.2) is 5.69 Å². The fourth-order valence-electron chi connectivity index (χ4n) is 0.419. The van der Waals surface area contributed by atoms with E-state index in [-0.39, 0.29) is 57.1 Å². The number of rotatable bonds is 0. The first-order valence-corrected chi connectivity index (χ1v) is 2.22. The number of aromatic nitrogens is 3. The molecule has 0 amide bonds. The van der Waals surface area contributed by atoms with Gasteiger partial charge in [-0.3, -0.25) is 4.68 Å². The summed E-state index contributed by atoms with van der Waals surface area (Å²) < 4.78 is 1.01. The molecule has 6 heteroatoms. The van der Waals surface area contributed by atoms with E-state index in [9.17, 15) is 5.11 Å². The number of nitrogens with zero attached hydrogens (tertiary/aromatic N) is 4. The third-order valence-corrected chi connectivity index (χ3v) is 0.881. The van der Waals surface area contributed by atoms with Crippen LogP contribution in [-0.4, -0.2) is 15.0 Å². The van der Waals surface area contributed by atoms with E-state index in [0.29, 0.717) is 0 Å². The van der Waals surface area contributed by atoms with Crippen LogP contribution in [0.25, 0.3) is 0 Å². The Bertz CT molecular complexity index is 263. The molecule has 0 radical (unpaired) electrons. The van der Waals surface area contributed by atoms with E-state index >= 15 is 0 Å². The van der Waals surface area contributed by atoms with E-state index in [1.54, 1.807) is 6.07 Å². The second-order valence-corrected chi connectivity index (χ2v) is 1.48. The Kier molecular flexibility index (Phi) is 4.08. The number of aryl methyl sites for hydroxylation is 1. The first-order chi connectivity index (χ1) is 4.25. The third-order valence-electron chi connectivity index (χ3n) is 0.881. The van der Waals surface area contributed by atoms with Gasteiger partial charge in [0, 0.05) is 12.9 Å². The molecular weight excluding hydrogens is 159 g/mol. The van der Waals surface area contributed by atoms with E-state index in [1.807, 2.05) is 0 Å². The maximum Gasteiger partial charge on any atom is 1.00 e. The summed E-state index contributed by atoms with van der Waals surface area (Å²) >= 11 is 0. The molecule has 0 aliphatic rings. The monoisotopic (exact) mass is 162 g/mol. The molecule has 0 saturated heterocycles. The topological polar surface area (TPSA) is 77.6 Å². The zero-order valence-electron chi connectivity index (χ0n) is 5.70. The van der Waals surface area contributed by atoms with E-state index in [2.05, 4.69) is 10.3 Å². The van der Waals surface area contributed by atoms with Gasteiger partial charge >= 0.3 is 51.4 Å². The first kappa shape index (κ1) is 10.1. The normalized spacial score (nSPS) is 8.00. The molecule has 0 unspecified atom stereocenters. The van der Waals surface area contributed by atoms with Gasteiger partial charge in [0.25, 0.3) is 0 Å². The van der Waals surface area contributed by atoms with Crippen molar-refractivity contribution in [1.29, 1.82) is 5.26 Å². The summed E-state index contributed by atoms with van der Waals surface area (Å²) in [4.78, 5) is 0. The second kappa shape index (κ2) is 4.05. The van der Waals surface area contributed by atoms with Crippen molar-refractivity contribution in [2.24, 2.45) is 7.05 Å². The summed E-state index contributed by atoms with van der Waals surface area (Å²) in [5.41, 5.74) is -0.155. The molecule has 1 heterocycles. The zero-order chi connectivity index (χ0) is 6.85. The van der Waals surface area contributed by atoms with E-state index in [0.717, 1.165) is 4.68 Å². The summed E-state index contributed by atoms with van der Waals surface area (Å²) in [5, 5.41) is 25.4. The molecule has 0 atom stereocenters. The summed E-state index contributed by atoms with van der Waals surface area (Å²) in [6.45, 7) is 0. The van der Waals surface area contributed by atoms with Crippen LogP contribution >= 0.6 is 0 Å². The van der Waals surface area contributed by atoms with Crippen molar-refractivity contribution in [3.05, 3.63) is 5.69 Å². The van der Waals surface area contributed by atoms with Crippen molar-refractivity contribution < 1.29 is 56.5 Å². The molecule has 10 heavy (non-hydrogen) atoms. The second-order valence-electron chi connectivity index (χ2n) is 1.48. The summed E-state index contributed by atoms with van der Waals surface area (Å²) in [6, 6.07) is 1.61. The standard InChI is InChI=1S/C4H4N4O.K/c1-8-4(9)3(2-5)6-7-8;/h9H,1H3;/q;+1/p-1. The number of hydrogen-bond acceptors (Lipinski definition) is 4. The minimum atomic E-state index is -0.447. The average molecular weight is 162 g/mol. The zero-order valence-corrected chi connectivity index (χ0v) is 8.82. The molecule has 1 rings (SSSR count). The van der Waals surface area contributed by atoms with Gasteiger partial charge in [-0.15, -0.1) is 5.10 Å². The molecule has 0 aliphatic carbocycles. The van der Waals surface area contributed by atoms with Crippen LogP contribution in [-0.2, 0) is 7.05 Å². The van der Waals surface area contributed by atoms with Crippen LogP contribution < -0.4 is 56.5 Å². The summed E-state index contributed by atoms with van der Waals surface area (Å²) in [7, 11) is 1.44. The molecule has 0 aliphatic heterocycles. The minimum absolute atomic E-state index is 0. The molecule has 0 N–H and O–H groups in total. The molecule has 0 bridgehead atoms. The van der Waals surface area contributed by atoms with Crippen molar-refractivity contribution >= 4 is 0 Å². The Labute approximate surface area is 100 Å². The molecule has 5 nitrogen and oxygen atoms in total. The Morgan fingerprint density at radius 1 is 1.70 bits per heavy atom. The van der Waals surface area contributed by atoms with Crippen LogP contribution in [0, 0.1) is 11.3 Å². The fourth-order valence-corrected chi connectivity index (χ4v) is 0.419. The Hall–Kier alpha value is 0.0664. The van der Waals surface area contributed by atoms with Crippen molar-refractivity contribution in [1.82, 2.24) is 15.0 Å². The first-order valence-electron chi connectivity index (χ1n) is 2.22. The number of nitriles is 1. The van der Waals surface area contributed by atoms with Gasteiger partial charge in [0.1, 0.15) is 6.07 Å². The van der Waals surface area contributed by atoms with Crippen LogP contribution in [0.4, 0.5) is 0 Å². The predicted octanol–water partition coefficient (Wildman–Crippen LogP) is -4.24. The summed E-state index contributed by atoms with van der Waals surface area (Å²) in [5.74, 6) is -0.447. The Balaban J connectivity index is 0.000000810. The molecule has 0 aromatic carbocycles. The fraction of sp³-hybridized carbons (Fsp3) is 0.250. The molecule has 0 saturated carbocycles. The molecule has 1 aromatic heterocycles. The van der Waals surface area contributed by atoms with Gasteiger partial charge < -0.3 is 5.11 Å². The smallest absolute Gasteiger partial charge is 0.857 e. The summed E-state index contributed by atoms with van der Waals surface area (Å²) in [6.07, 6.45) is 0. The van der Waals surface area contributed by atoms with Gasteiger partial charge in [-0.05, 0) is 0 Å². The van der Waals surface area contributed by atoms with Crippen molar-refractivity contribution in [2.75, 3.05) is 0 Å². The SMILES string of the molecule is Cn1nnc(C#N)c1[O-].[K+]. The largest absolute Gasteiger partial charge is 1.00 e. The Morgan fingerprint density at radius 3 is 2.50 bits per heavy atom. The van der Waals surface area contributed by atoms with Gasteiger partial charge in [0.05, 0.1) is 0 Å². The predicted molar refractivity (Wildman–Crippen MR) is 25.2 cm³/mol. The van der Waals surface area contributed by atoms with Gasteiger partial charge in [-0.2, -0.15) is 5.26 Å². The number of hydrogen-bond donors (Lipinski definition) is 0.